The van der Waals surface area contributed by atoms with Crippen molar-refractivity contribution in [2.24, 2.45) is 5.92 Å². The van der Waals surface area contributed by atoms with Crippen molar-refractivity contribution in [3.63, 3.8) is 0 Å². The number of piperidine rings is 1. The lowest BCUT2D eigenvalue weighted by Crippen LogP contribution is -2.43. The first-order valence-corrected chi connectivity index (χ1v) is 7.13. The molecular formula is C16H21NO. The second-order valence-corrected chi connectivity index (χ2v) is 5.74. The third kappa shape index (κ3) is 2.16. The largest absolute Gasteiger partial charge is 0.340 e. The van der Waals surface area contributed by atoms with Crippen molar-refractivity contribution in [2.75, 3.05) is 6.54 Å². The van der Waals surface area contributed by atoms with Crippen LogP contribution in [0.15, 0.2) is 30.3 Å². The molecule has 1 saturated carbocycles. The highest BCUT2D eigenvalue weighted by atomic mass is 16.2. The van der Waals surface area contributed by atoms with Gasteiger partial charge in [-0.2, -0.15) is 0 Å². The molecule has 3 atom stereocenters. The Morgan fingerprint density at radius 3 is 2.72 bits per heavy atom. The molecular weight excluding hydrogens is 222 g/mol. The van der Waals surface area contributed by atoms with Crippen LogP contribution in [0.4, 0.5) is 0 Å². The zero-order chi connectivity index (χ0) is 12.5. The maximum Gasteiger partial charge on any atom is 0.226 e. The Labute approximate surface area is 109 Å². The summed E-state index contributed by atoms with van der Waals surface area (Å²) in [5.74, 6) is 1.14. The van der Waals surface area contributed by atoms with Crippen LogP contribution in [-0.4, -0.2) is 23.4 Å². The van der Waals surface area contributed by atoms with E-state index in [0.29, 0.717) is 17.9 Å². The summed E-state index contributed by atoms with van der Waals surface area (Å²) in [7, 11) is 0. The summed E-state index contributed by atoms with van der Waals surface area (Å²) in [6, 6.07) is 10.9. The fourth-order valence-corrected chi connectivity index (χ4v) is 3.18. The number of carbonyl (C=O) groups is 1. The molecule has 1 heterocycles. The van der Waals surface area contributed by atoms with Crippen LogP contribution in [0, 0.1) is 5.92 Å². The van der Waals surface area contributed by atoms with Crippen LogP contribution < -0.4 is 0 Å². The molecule has 0 N–H and O–H groups in total. The first-order valence-electron chi connectivity index (χ1n) is 7.13. The average Bonchev–Trinajstić information content (AvgIpc) is 3.20. The van der Waals surface area contributed by atoms with E-state index in [-0.39, 0.29) is 5.92 Å². The van der Waals surface area contributed by atoms with Crippen LogP contribution in [0.2, 0.25) is 0 Å². The second-order valence-electron chi connectivity index (χ2n) is 5.74. The van der Waals surface area contributed by atoms with E-state index in [0.717, 1.165) is 13.0 Å². The maximum atomic E-state index is 12.5. The lowest BCUT2D eigenvalue weighted by Gasteiger charge is -2.33. The van der Waals surface area contributed by atoms with Gasteiger partial charge in [0.05, 0.1) is 0 Å². The average molecular weight is 243 g/mol. The molecule has 1 amide bonds. The van der Waals surface area contributed by atoms with Gasteiger partial charge in [-0.05, 0) is 44.1 Å². The topological polar surface area (TPSA) is 20.3 Å². The first kappa shape index (κ1) is 11.8. The Kier molecular flexibility index (Phi) is 3.11. The Morgan fingerprint density at radius 1 is 1.22 bits per heavy atom. The van der Waals surface area contributed by atoms with Crippen LogP contribution in [0.1, 0.15) is 44.1 Å². The van der Waals surface area contributed by atoms with E-state index >= 15 is 0 Å². The smallest absolute Gasteiger partial charge is 0.226 e. The standard InChI is InChI=1S/C16H21NO/c1-12-7-5-6-10-17(12)16(18)15-11-14(15)13-8-3-2-4-9-13/h2-4,8-9,12,14-15H,5-7,10-11H2,1H3/t12-,14-,15+/m1/s1. The molecule has 2 fully saturated rings. The van der Waals surface area contributed by atoms with Gasteiger partial charge in [0.1, 0.15) is 0 Å². The predicted octanol–water partition coefficient (Wildman–Crippen LogP) is 3.19. The van der Waals surface area contributed by atoms with E-state index in [1.54, 1.807) is 0 Å². The van der Waals surface area contributed by atoms with Gasteiger partial charge >= 0.3 is 0 Å². The third-order valence-electron chi connectivity index (χ3n) is 4.42. The molecule has 1 saturated heterocycles. The van der Waals surface area contributed by atoms with E-state index in [4.69, 9.17) is 0 Å². The van der Waals surface area contributed by atoms with Crippen molar-refractivity contribution < 1.29 is 4.79 Å². The third-order valence-corrected chi connectivity index (χ3v) is 4.42. The SMILES string of the molecule is C[C@@H]1CCCCN1C(=O)[C@H]1C[C@@H]1c1ccccc1. The van der Waals surface area contributed by atoms with Gasteiger partial charge in [-0.1, -0.05) is 30.3 Å². The van der Waals surface area contributed by atoms with Crippen LogP contribution in [0.5, 0.6) is 0 Å². The highest BCUT2D eigenvalue weighted by molar-refractivity contribution is 5.83. The fraction of sp³-hybridized carbons (Fsp3) is 0.562. The summed E-state index contributed by atoms with van der Waals surface area (Å²) >= 11 is 0. The van der Waals surface area contributed by atoms with Crippen molar-refractivity contribution in [1.29, 1.82) is 0 Å². The zero-order valence-electron chi connectivity index (χ0n) is 11.0. The Bertz CT molecular complexity index is 428. The lowest BCUT2D eigenvalue weighted by atomic mass is 10.0. The number of nitrogens with zero attached hydrogens (tertiary/aromatic N) is 1. The summed E-state index contributed by atoms with van der Waals surface area (Å²) in [5, 5.41) is 0. The Hall–Kier alpha value is -1.31. The summed E-state index contributed by atoms with van der Waals surface area (Å²) in [5.41, 5.74) is 1.33. The minimum absolute atomic E-state index is 0.257. The molecule has 3 rings (SSSR count). The van der Waals surface area contributed by atoms with E-state index in [1.807, 2.05) is 6.07 Å². The summed E-state index contributed by atoms with van der Waals surface area (Å²) in [6.07, 6.45) is 4.68. The van der Waals surface area contributed by atoms with Crippen LogP contribution in [-0.2, 0) is 4.79 Å². The molecule has 0 radical (unpaired) electrons. The Morgan fingerprint density at radius 2 is 2.00 bits per heavy atom. The number of likely N-dealkylation sites (tertiary alicyclic amines) is 1. The van der Waals surface area contributed by atoms with Crippen molar-refractivity contribution in [1.82, 2.24) is 4.90 Å². The molecule has 0 spiro atoms. The molecule has 2 nitrogen and oxygen atoms in total. The summed E-state index contributed by atoms with van der Waals surface area (Å²) < 4.78 is 0. The highest BCUT2D eigenvalue weighted by Gasteiger charge is 2.46. The number of rotatable bonds is 2. The Balaban J connectivity index is 1.65. The van der Waals surface area contributed by atoms with Crippen molar-refractivity contribution in [3.05, 3.63) is 35.9 Å². The normalized spacial score (nSPS) is 31.2. The monoisotopic (exact) mass is 243 g/mol. The van der Waals surface area contributed by atoms with Gasteiger partial charge < -0.3 is 4.90 Å². The molecule has 18 heavy (non-hydrogen) atoms. The van der Waals surface area contributed by atoms with E-state index in [1.165, 1.54) is 24.8 Å². The van der Waals surface area contributed by atoms with Gasteiger partial charge in [0.25, 0.3) is 0 Å². The van der Waals surface area contributed by atoms with Crippen molar-refractivity contribution in [3.8, 4) is 0 Å². The van der Waals surface area contributed by atoms with Crippen LogP contribution in [0.3, 0.4) is 0 Å². The maximum absolute atomic E-state index is 12.5. The van der Waals surface area contributed by atoms with E-state index in [9.17, 15) is 4.79 Å². The fourth-order valence-electron chi connectivity index (χ4n) is 3.18. The number of carbonyl (C=O) groups excluding carboxylic acids is 1. The van der Waals surface area contributed by atoms with Crippen molar-refractivity contribution >= 4 is 5.91 Å². The van der Waals surface area contributed by atoms with E-state index in [2.05, 4.69) is 36.1 Å². The van der Waals surface area contributed by atoms with Gasteiger partial charge in [0.2, 0.25) is 5.91 Å². The number of benzene rings is 1. The summed E-state index contributed by atoms with van der Waals surface area (Å²) in [6.45, 7) is 3.16. The van der Waals surface area contributed by atoms with Gasteiger partial charge in [-0.25, -0.2) is 0 Å². The zero-order valence-corrected chi connectivity index (χ0v) is 11.0. The van der Waals surface area contributed by atoms with Gasteiger partial charge in [-0.3, -0.25) is 4.79 Å². The molecule has 2 heteroatoms. The van der Waals surface area contributed by atoms with Gasteiger partial charge in [0.15, 0.2) is 0 Å². The first-order chi connectivity index (χ1) is 8.77. The molecule has 96 valence electrons. The number of hydrogen-bond acceptors (Lipinski definition) is 1. The molecule has 1 aliphatic carbocycles. The second kappa shape index (κ2) is 4.75. The quantitative estimate of drug-likeness (QED) is 0.781. The molecule has 0 aromatic heterocycles. The molecule has 0 bridgehead atoms. The number of hydrogen-bond donors (Lipinski definition) is 0. The minimum atomic E-state index is 0.257. The lowest BCUT2D eigenvalue weighted by molar-refractivity contribution is -0.135. The highest BCUT2D eigenvalue weighted by Crippen LogP contribution is 2.48. The molecule has 0 unspecified atom stereocenters. The predicted molar refractivity (Wildman–Crippen MR) is 72.3 cm³/mol. The van der Waals surface area contributed by atoms with Crippen LogP contribution in [0.25, 0.3) is 0 Å². The summed E-state index contributed by atoms with van der Waals surface area (Å²) in [4.78, 5) is 14.6. The molecule has 1 aromatic rings. The van der Waals surface area contributed by atoms with Gasteiger partial charge in [0, 0.05) is 18.5 Å². The van der Waals surface area contributed by atoms with Gasteiger partial charge in [-0.15, -0.1) is 0 Å². The molecule has 2 aliphatic rings. The van der Waals surface area contributed by atoms with Crippen molar-refractivity contribution in [2.45, 2.75) is 44.6 Å². The molecule has 1 aliphatic heterocycles. The van der Waals surface area contributed by atoms with E-state index < -0.39 is 0 Å². The minimum Gasteiger partial charge on any atom is -0.340 e. The molecule has 1 aromatic carbocycles. The number of amides is 1. The van der Waals surface area contributed by atoms with Crippen LogP contribution >= 0.6 is 0 Å².